The number of hydrogen-bond donors (Lipinski definition) is 4. The van der Waals surface area contributed by atoms with Crippen molar-refractivity contribution in [2.75, 3.05) is 36.8 Å². The molecule has 38 heavy (non-hydrogen) atoms. The molecule has 0 unspecified atom stereocenters. The summed E-state index contributed by atoms with van der Waals surface area (Å²) in [6.07, 6.45) is 5.28. The molecule has 2 aliphatic heterocycles. The maximum Gasteiger partial charge on any atom is 0.255 e. The van der Waals surface area contributed by atoms with Crippen molar-refractivity contribution < 1.29 is 9.59 Å². The maximum absolute atomic E-state index is 12.7. The summed E-state index contributed by atoms with van der Waals surface area (Å²) in [7, 11) is 0. The molecule has 2 amide bonds. The molecule has 0 spiro atoms. The van der Waals surface area contributed by atoms with Gasteiger partial charge in [-0.2, -0.15) is 0 Å². The van der Waals surface area contributed by atoms with Gasteiger partial charge in [0.1, 0.15) is 11.7 Å². The van der Waals surface area contributed by atoms with Gasteiger partial charge in [0.05, 0.1) is 0 Å². The van der Waals surface area contributed by atoms with E-state index in [1.54, 1.807) is 30.3 Å². The zero-order chi connectivity index (χ0) is 26.2. The molecule has 8 heteroatoms. The van der Waals surface area contributed by atoms with Crippen LogP contribution in [0.15, 0.2) is 88.9 Å². The third-order valence-electron chi connectivity index (χ3n) is 6.24. The van der Waals surface area contributed by atoms with Crippen LogP contribution in [0.5, 0.6) is 0 Å². The largest absolute Gasteiger partial charge is 0.370 e. The zero-order valence-electron chi connectivity index (χ0n) is 21.0. The van der Waals surface area contributed by atoms with Gasteiger partial charge < -0.3 is 21.3 Å². The smallest absolute Gasteiger partial charge is 0.255 e. The van der Waals surface area contributed by atoms with Crippen molar-refractivity contribution in [2.45, 2.75) is 12.8 Å². The molecule has 8 nitrogen and oxygen atoms in total. The molecule has 0 fully saturated rings. The molecule has 0 radical (unpaired) electrons. The normalized spacial score (nSPS) is 15.1. The number of carbonyl (C=O) groups is 2. The lowest BCUT2D eigenvalue weighted by Crippen LogP contribution is -2.30. The van der Waals surface area contributed by atoms with Gasteiger partial charge in [-0.15, -0.1) is 0 Å². The van der Waals surface area contributed by atoms with E-state index < -0.39 is 0 Å². The average Bonchev–Trinajstić information content (AvgIpc) is 2.98. The summed E-state index contributed by atoms with van der Waals surface area (Å²) >= 11 is 0. The predicted molar refractivity (Wildman–Crippen MR) is 153 cm³/mol. The standard InChI is InChI=1S/C30H30N6O2/c37-27(35-25-12-8-22(9-13-25)28-31-17-1-18-32-28)16-5-21-3-6-24(7-4-21)30(38)36-26-14-10-23(11-15-26)29-33-19-2-20-34-29/h3-16H,1-2,17-20H2,(H,31,32)(H,33,34)(H,35,37)(H,36,38)/b16-5+. The third-order valence-corrected chi connectivity index (χ3v) is 6.24. The lowest BCUT2D eigenvalue weighted by molar-refractivity contribution is -0.111. The number of anilines is 2. The Bertz CT molecular complexity index is 1370. The van der Waals surface area contributed by atoms with Crippen molar-refractivity contribution in [3.63, 3.8) is 0 Å². The number of hydrogen-bond acceptors (Lipinski definition) is 6. The van der Waals surface area contributed by atoms with Gasteiger partial charge in [0, 0.05) is 60.3 Å². The van der Waals surface area contributed by atoms with E-state index in [1.165, 1.54) is 6.08 Å². The number of amidine groups is 2. The van der Waals surface area contributed by atoms with Crippen LogP contribution in [0.25, 0.3) is 6.08 Å². The lowest BCUT2D eigenvalue weighted by atomic mass is 10.1. The van der Waals surface area contributed by atoms with Gasteiger partial charge in [0.15, 0.2) is 0 Å². The van der Waals surface area contributed by atoms with E-state index in [4.69, 9.17) is 0 Å². The molecule has 4 N–H and O–H groups in total. The molecular weight excluding hydrogens is 476 g/mol. The number of nitrogens with zero attached hydrogens (tertiary/aromatic N) is 2. The fourth-order valence-corrected chi connectivity index (χ4v) is 4.18. The molecule has 0 saturated heterocycles. The van der Waals surface area contributed by atoms with Crippen molar-refractivity contribution in [1.82, 2.24) is 10.6 Å². The maximum atomic E-state index is 12.7. The molecule has 0 saturated carbocycles. The topological polar surface area (TPSA) is 107 Å². The van der Waals surface area contributed by atoms with Crippen LogP contribution in [0.4, 0.5) is 11.4 Å². The molecule has 0 aliphatic carbocycles. The van der Waals surface area contributed by atoms with Crippen LogP contribution in [-0.2, 0) is 4.79 Å². The Kier molecular flexibility index (Phi) is 7.89. The van der Waals surface area contributed by atoms with Crippen molar-refractivity contribution in [3.8, 4) is 0 Å². The van der Waals surface area contributed by atoms with E-state index in [0.717, 1.165) is 67.4 Å². The highest BCUT2D eigenvalue weighted by atomic mass is 16.2. The second kappa shape index (κ2) is 12.0. The van der Waals surface area contributed by atoms with Gasteiger partial charge in [-0.25, -0.2) is 0 Å². The first-order valence-electron chi connectivity index (χ1n) is 12.8. The SMILES string of the molecule is O=C(/C=C/c1ccc(C(=O)Nc2ccc(C3=NCCCN3)cc2)cc1)Nc1ccc(C2=NCCCN2)cc1. The van der Waals surface area contributed by atoms with Gasteiger partial charge in [-0.3, -0.25) is 19.6 Å². The summed E-state index contributed by atoms with van der Waals surface area (Å²) < 4.78 is 0. The van der Waals surface area contributed by atoms with Gasteiger partial charge in [-0.1, -0.05) is 12.1 Å². The van der Waals surface area contributed by atoms with E-state index in [2.05, 4.69) is 31.3 Å². The van der Waals surface area contributed by atoms with Crippen LogP contribution < -0.4 is 21.3 Å². The van der Waals surface area contributed by atoms with Gasteiger partial charge in [-0.05, 0) is 85.1 Å². The highest BCUT2D eigenvalue weighted by Crippen LogP contribution is 2.15. The zero-order valence-corrected chi connectivity index (χ0v) is 21.0. The lowest BCUT2D eigenvalue weighted by Gasteiger charge is -2.15. The predicted octanol–water partition coefficient (Wildman–Crippen LogP) is 4.07. The summed E-state index contributed by atoms with van der Waals surface area (Å²) in [5.41, 5.74) is 4.79. The van der Waals surface area contributed by atoms with Crippen LogP contribution in [0.3, 0.4) is 0 Å². The highest BCUT2D eigenvalue weighted by molar-refractivity contribution is 6.05. The van der Waals surface area contributed by atoms with Crippen LogP contribution in [0.2, 0.25) is 0 Å². The Labute approximate surface area is 222 Å². The minimum Gasteiger partial charge on any atom is -0.370 e. The van der Waals surface area contributed by atoms with E-state index in [1.807, 2.05) is 48.5 Å². The first kappa shape index (κ1) is 25.0. The second-order valence-corrected chi connectivity index (χ2v) is 9.07. The van der Waals surface area contributed by atoms with Crippen molar-refractivity contribution in [1.29, 1.82) is 0 Å². The number of nitrogens with one attached hydrogen (secondary N) is 4. The van der Waals surface area contributed by atoms with Gasteiger partial charge >= 0.3 is 0 Å². The van der Waals surface area contributed by atoms with E-state index >= 15 is 0 Å². The number of amides is 2. The molecule has 3 aromatic carbocycles. The Morgan fingerprint density at radius 2 is 1.21 bits per heavy atom. The highest BCUT2D eigenvalue weighted by Gasteiger charge is 2.10. The minimum atomic E-state index is -0.231. The summed E-state index contributed by atoms with van der Waals surface area (Å²) in [5, 5.41) is 12.4. The Morgan fingerprint density at radius 1 is 0.684 bits per heavy atom. The first-order valence-corrected chi connectivity index (χ1v) is 12.8. The summed E-state index contributed by atoms with van der Waals surface area (Å²) in [4.78, 5) is 34.0. The monoisotopic (exact) mass is 506 g/mol. The number of rotatable bonds is 7. The molecule has 5 rings (SSSR count). The molecule has 0 aromatic heterocycles. The van der Waals surface area contributed by atoms with E-state index in [-0.39, 0.29) is 11.8 Å². The molecule has 0 atom stereocenters. The fraction of sp³-hybridized carbons (Fsp3) is 0.200. The quantitative estimate of drug-likeness (QED) is 0.363. The minimum absolute atomic E-state index is 0.197. The summed E-state index contributed by atoms with van der Waals surface area (Å²) in [5.74, 6) is 1.36. The molecular formula is C30H30N6O2. The summed E-state index contributed by atoms with van der Waals surface area (Å²) in [6, 6.07) is 22.3. The third kappa shape index (κ3) is 6.53. The van der Waals surface area contributed by atoms with Crippen molar-refractivity contribution >= 4 is 40.9 Å². The second-order valence-electron chi connectivity index (χ2n) is 9.07. The first-order chi connectivity index (χ1) is 18.6. The fourth-order valence-electron chi connectivity index (χ4n) is 4.18. The Hall–Kier alpha value is -4.72. The Balaban J connectivity index is 1.12. The van der Waals surface area contributed by atoms with Crippen LogP contribution >= 0.6 is 0 Å². The van der Waals surface area contributed by atoms with Gasteiger partial charge in [0.2, 0.25) is 5.91 Å². The molecule has 0 bridgehead atoms. The number of carbonyl (C=O) groups excluding carboxylic acids is 2. The number of aliphatic imine (C=N–C) groups is 2. The summed E-state index contributed by atoms with van der Waals surface area (Å²) in [6.45, 7) is 3.52. The molecule has 2 heterocycles. The number of benzene rings is 3. The van der Waals surface area contributed by atoms with E-state index in [9.17, 15) is 9.59 Å². The molecule has 3 aromatic rings. The van der Waals surface area contributed by atoms with Gasteiger partial charge in [0.25, 0.3) is 5.91 Å². The molecule has 2 aliphatic rings. The molecule has 192 valence electrons. The van der Waals surface area contributed by atoms with E-state index in [0.29, 0.717) is 16.9 Å². The van der Waals surface area contributed by atoms with Crippen molar-refractivity contribution in [3.05, 3.63) is 101 Å². The van der Waals surface area contributed by atoms with Crippen LogP contribution in [0, 0.1) is 0 Å². The van der Waals surface area contributed by atoms with Crippen LogP contribution in [-0.4, -0.2) is 49.7 Å². The van der Waals surface area contributed by atoms with Crippen LogP contribution in [0.1, 0.15) is 39.9 Å². The average molecular weight is 507 g/mol. The van der Waals surface area contributed by atoms with Crippen molar-refractivity contribution in [2.24, 2.45) is 9.98 Å². The Morgan fingerprint density at radius 3 is 1.71 bits per heavy atom.